The standard InChI is InChI=1S/C13H18N2O2/c1-10-2-4-11(5-3-10)15-12(6-8-14)7-9-17-13(15)16/h2-5,12H,6-9,14H2,1H3. The molecule has 1 aliphatic heterocycles. The number of nitrogens with two attached hydrogens (primary N) is 1. The van der Waals surface area contributed by atoms with Gasteiger partial charge in [-0.15, -0.1) is 0 Å². The molecule has 1 fully saturated rings. The molecule has 0 saturated carbocycles. The molecule has 2 N–H and O–H groups in total. The summed E-state index contributed by atoms with van der Waals surface area (Å²) in [4.78, 5) is 13.5. The van der Waals surface area contributed by atoms with Gasteiger partial charge in [0.1, 0.15) is 0 Å². The summed E-state index contributed by atoms with van der Waals surface area (Å²) in [5.74, 6) is 0. The molecule has 1 heterocycles. The van der Waals surface area contributed by atoms with Gasteiger partial charge >= 0.3 is 6.09 Å². The van der Waals surface area contributed by atoms with Gasteiger partial charge in [-0.2, -0.15) is 0 Å². The number of ether oxygens (including phenoxy) is 1. The summed E-state index contributed by atoms with van der Waals surface area (Å²) >= 11 is 0. The minimum atomic E-state index is -0.265. The summed E-state index contributed by atoms with van der Waals surface area (Å²) in [6, 6.07) is 8.05. The van der Waals surface area contributed by atoms with Crippen molar-refractivity contribution in [2.24, 2.45) is 5.73 Å². The van der Waals surface area contributed by atoms with Gasteiger partial charge in [0.2, 0.25) is 0 Å². The predicted octanol–water partition coefficient (Wildman–Crippen LogP) is 2.06. The topological polar surface area (TPSA) is 55.6 Å². The highest BCUT2D eigenvalue weighted by atomic mass is 16.6. The number of carbonyl (C=O) groups excluding carboxylic acids is 1. The maximum absolute atomic E-state index is 11.8. The Morgan fingerprint density at radius 1 is 1.41 bits per heavy atom. The van der Waals surface area contributed by atoms with Gasteiger partial charge in [-0.25, -0.2) is 4.79 Å². The highest BCUT2D eigenvalue weighted by molar-refractivity contribution is 5.89. The zero-order valence-corrected chi connectivity index (χ0v) is 10.1. The first kappa shape index (κ1) is 11.9. The fourth-order valence-electron chi connectivity index (χ4n) is 2.12. The summed E-state index contributed by atoms with van der Waals surface area (Å²) in [5, 5.41) is 0. The van der Waals surface area contributed by atoms with Crippen molar-refractivity contribution in [1.82, 2.24) is 0 Å². The third-order valence-electron chi connectivity index (χ3n) is 3.05. The molecule has 0 bridgehead atoms. The number of aryl methyl sites for hydroxylation is 1. The van der Waals surface area contributed by atoms with Crippen molar-refractivity contribution in [3.8, 4) is 0 Å². The van der Waals surface area contributed by atoms with Crippen molar-refractivity contribution in [2.75, 3.05) is 18.1 Å². The van der Waals surface area contributed by atoms with Crippen LogP contribution in [0.2, 0.25) is 0 Å². The van der Waals surface area contributed by atoms with Gasteiger partial charge in [0.05, 0.1) is 6.61 Å². The Labute approximate surface area is 101 Å². The molecule has 4 heteroatoms. The molecule has 1 unspecified atom stereocenters. The molecule has 1 aromatic rings. The number of cyclic esters (lactones) is 1. The van der Waals surface area contributed by atoms with E-state index in [0.717, 1.165) is 18.5 Å². The van der Waals surface area contributed by atoms with Crippen molar-refractivity contribution in [3.05, 3.63) is 29.8 Å². The molecule has 1 atom stereocenters. The lowest BCUT2D eigenvalue weighted by molar-refractivity contribution is 0.128. The molecule has 2 rings (SSSR count). The van der Waals surface area contributed by atoms with E-state index in [1.807, 2.05) is 31.2 Å². The Balaban J connectivity index is 2.24. The Bertz CT molecular complexity index is 387. The van der Waals surface area contributed by atoms with E-state index in [2.05, 4.69) is 0 Å². The Hall–Kier alpha value is -1.55. The average molecular weight is 234 g/mol. The van der Waals surface area contributed by atoms with Crippen LogP contribution in [0.15, 0.2) is 24.3 Å². The number of rotatable bonds is 3. The zero-order valence-electron chi connectivity index (χ0n) is 10.1. The quantitative estimate of drug-likeness (QED) is 0.871. The number of carbonyl (C=O) groups is 1. The molecule has 0 spiro atoms. The molecule has 0 radical (unpaired) electrons. The third kappa shape index (κ3) is 2.58. The SMILES string of the molecule is Cc1ccc(N2C(=O)OCCC2CCN)cc1. The van der Waals surface area contributed by atoms with Crippen LogP contribution in [0.5, 0.6) is 0 Å². The van der Waals surface area contributed by atoms with Crippen LogP contribution in [-0.4, -0.2) is 25.3 Å². The number of benzene rings is 1. The highest BCUT2D eigenvalue weighted by Gasteiger charge is 2.30. The van der Waals surface area contributed by atoms with Crippen LogP contribution in [0.3, 0.4) is 0 Å². The van der Waals surface area contributed by atoms with Gasteiger partial charge in [0.25, 0.3) is 0 Å². The van der Waals surface area contributed by atoms with Crippen LogP contribution in [0, 0.1) is 6.92 Å². The first-order valence-electron chi connectivity index (χ1n) is 5.95. The molecule has 1 aliphatic rings. The summed E-state index contributed by atoms with van der Waals surface area (Å²) in [6.07, 6.45) is 1.39. The lowest BCUT2D eigenvalue weighted by Crippen LogP contribution is -2.46. The van der Waals surface area contributed by atoms with E-state index in [9.17, 15) is 4.79 Å². The summed E-state index contributed by atoms with van der Waals surface area (Å²) in [5.41, 5.74) is 7.65. The van der Waals surface area contributed by atoms with E-state index >= 15 is 0 Å². The van der Waals surface area contributed by atoms with Gasteiger partial charge in [0.15, 0.2) is 0 Å². The van der Waals surface area contributed by atoms with Crippen molar-refractivity contribution < 1.29 is 9.53 Å². The predicted molar refractivity (Wildman–Crippen MR) is 67.1 cm³/mol. The van der Waals surface area contributed by atoms with Gasteiger partial charge < -0.3 is 10.5 Å². The normalized spacial score (nSPS) is 20.2. The van der Waals surface area contributed by atoms with E-state index in [4.69, 9.17) is 10.5 Å². The van der Waals surface area contributed by atoms with Gasteiger partial charge in [-0.1, -0.05) is 17.7 Å². The van der Waals surface area contributed by atoms with E-state index in [-0.39, 0.29) is 12.1 Å². The van der Waals surface area contributed by atoms with E-state index in [0.29, 0.717) is 13.2 Å². The summed E-state index contributed by atoms with van der Waals surface area (Å²) in [7, 11) is 0. The third-order valence-corrected chi connectivity index (χ3v) is 3.05. The molecule has 92 valence electrons. The van der Waals surface area contributed by atoms with Crippen molar-refractivity contribution in [2.45, 2.75) is 25.8 Å². The largest absolute Gasteiger partial charge is 0.449 e. The average Bonchev–Trinajstić information content (AvgIpc) is 2.32. The van der Waals surface area contributed by atoms with Crippen molar-refractivity contribution in [3.63, 3.8) is 0 Å². The van der Waals surface area contributed by atoms with Crippen LogP contribution >= 0.6 is 0 Å². The monoisotopic (exact) mass is 234 g/mol. The lowest BCUT2D eigenvalue weighted by atomic mass is 10.1. The molecular weight excluding hydrogens is 216 g/mol. The van der Waals surface area contributed by atoms with E-state index in [1.54, 1.807) is 4.90 Å². The first-order chi connectivity index (χ1) is 8.22. The minimum Gasteiger partial charge on any atom is -0.449 e. The molecule has 17 heavy (non-hydrogen) atoms. The van der Waals surface area contributed by atoms with Crippen LogP contribution < -0.4 is 10.6 Å². The molecule has 1 saturated heterocycles. The molecule has 0 aliphatic carbocycles. The fourth-order valence-corrected chi connectivity index (χ4v) is 2.12. The Morgan fingerprint density at radius 2 is 2.12 bits per heavy atom. The van der Waals surface area contributed by atoms with Crippen molar-refractivity contribution >= 4 is 11.8 Å². The highest BCUT2D eigenvalue weighted by Crippen LogP contribution is 2.25. The molecule has 0 aromatic heterocycles. The number of nitrogens with zero attached hydrogens (tertiary/aromatic N) is 1. The molecule has 1 amide bonds. The maximum atomic E-state index is 11.8. The Kier molecular flexibility index (Phi) is 3.64. The first-order valence-corrected chi connectivity index (χ1v) is 5.95. The summed E-state index contributed by atoms with van der Waals surface area (Å²) < 4.78 is 5.10. The van der Waals surface area contributed by atoms with Crippen molar-refractivity contribution in [1.29, 1.82) is 0 Å². The zero-order chi connectivity index (χ0) is 12.3. The number of hydrogen-bond donors (Lipinski definition) is 1. The fraction of sp³-hybridized carbons (Fsp3) is 0.462. The second-order valence-corrected chi connectivity index (χ2v) is 4.34. The van der Waals surface area contributed by atoms with Gasteiger partial charge in [-0.3, -0.25) is 4.90 Å². The second-order valence-electron chi connectivity index (χ2n) is 4.34. The molecule has 4 nitrogen and oxygen atoms in total. The second kappa shape index (κ2) is 5.19. The van der Waals surface area contributed by atoms with Crippen LogP contribution in [0.1, 0.15) is 18.4 Å². The maximum Gasteiger partial charge on any atom is 0.414 e. The molecular formula is C13H18N2O2. The minimum absolute atomic E-state index is 0.156. The number of amides is 1. The number of hydrogen-bond acceptors (Lipinski definition) is 3. The number of anilines is 1. The van der Waals surface area contributed by atoms with E-state index in [1.165, 1.54) is 5.56 Å². The lowest BCUT2D eigenvalue weighted by Gasteiger charge is -2.34. The van der Waals surface area contributed by atoms with E-state index < -0.39 is 0 Å². The van der Waals surface area contributed by atoms with Gasteiger partial charge in [-0.05, 0) is 32.0 Å². The van der Waals surface area contributed by atoms with Crippen LogP contribution in [-0.2, 0) is 4.74 Å². The smallest absolute Gasteiger partial charge is 0.414 e. The van der Waals surface area contributed by atoms with Crippen LogP contribution in [0.25, 0.3) is 0 Å². The molecule has 1 aromatic carbocycles. The Morgan fingerprint density at radius 3 is 2.76 bits per heavy atom. The summed E-state index contributed by atoms with van der Waals surface area (Å²) in [6.45, 7) is 3.10. The van der Waals surface area contributed by atoms with Gasteiger partial charge in [0, 0.05) is 18.2 Å². The van der Waals surface area contributed by atoms with Crippen LogP contribution in [0.4, 0.5) is 10.5 Å².